The summed E-state index contributed by atoms with van der Waals surface area (Å²) in [6.07, 6.45) is 1.82. The van der Waals surface area contributed by atoms with E-state index in [-0.39, 0.29) is 6.10 Å². The Kier molecular flexibility index (Phi) is 5.27. The lowest BCUT2D eigenvalue weighted by atomic mass is 9.83. The molecule has 1 amide bonds. The maximum atomic E-state index is 12.7. The fourth-order valence-electron chi connectivity index (χ4n) is 4.94. The normalized spacial score (nSPS) is 25.1. The van der Waals surface area contributed by atoms with Gasteiger partial charge < -0.3 is 9.22 Å². The van der Waals surface area contributed by atoms with Crippen molar-refractivity contribution >= 4 is 23.2 Å². The van der Waals surface area contributed by atoms with Gasteiger partial charge in [0.15, 0.2) is 11.9 Å². The number of fused-ring (bicyclic) bond motifs is 3. The average Bonchev–Trinajstić information content (AvgIpc) is 3.23. The number of benzene rings is 2. The number of ether oxygens (including phenoxy) is 1. The maximum Gasteiger partial charge on any atom is 0.413 e. The summed E-state index contributed by atoms with van der Waals surface area (Å²) < 4.78 is 6.97. The van der Waals surface area contributed by atoms with E-state index in [2.05, 4.69) is 40.6 Å². The second kappa shape index (κ2) is 8.20. The molecule has 0 unspecified atom stereocenters. The molecule has 2 aromatic carbocycles. The third kappa shape index (κ3) is 3.98. The first-order chi connectivity index (χ1) is 14.7. The number of aromatic nitrogens is 1. The third-order valence-corrected chi connectivity index (χ3v) is 7.36. The van der Waals surface area contributed by atoms with E-state index in [9.17, 15) is 4.79 Å². The summed E-state index contributed by atoms with van der Waals surface area (Å²) in [6.45, 7) is 4.26. The highest BCUT2D eigenvalue weighted by Gasteiger charge is 2.47. The van der Waals surface area contributed by atoms with Gasteiger partial charge in [-0.1, -0.05) is 60.7 Å². The van der Waals surface area contributed by atoms with Gasteiger partial charge in [-0.3, -0.25) is 5.32 Å². The van der Waals surface area contributed by atoms with Crippen molar-refractivity contribution in [1.29, 1.82) is 0 Å². The second-order valence-corrected chi connectivity index (χ2v) is 9.27. The lowest BCUT2D eigenvalue weighted by molar-refractivity contribution is -0.958. The molecule has 3 saturated heterocycles. The first-order valence-corrected chi connectivity index (χ1v) is 11.4. The van der Waals surface area contributed by atoms with Crippen LogP contribution in [0, 0.1) is 5.92 Å². The van der Waals surface area contributed by atoms with Gasteiger partial charge in [0, 0.05) is 24.3 Å². The fourth-order valence-corrected chi connectivity index (χ4v) is 5.69. The summed E-state index contributed by atoms with van der Waals surface area (Å²) >= 11 is 1.52. The first-order valence-electron chi connectivity index (χ1n) is 10.6. The van der Waals surface area contributed by atoms with Gasteiger partial charge in [-0.2, -0.15) is 0 Å². The van der Waals surface area contributed by atoms with Crippen molar-refractivity contribution in [3.63, 3.8) is 0 Å². The van der Waals surface area contributed by atoms with Crippen LogP contribution in [0.25, 0.3) is 10.4 Å². The van der Waals surface area contributed by atoms with Crippen molar-refractivity contribution < 1.29 is 14.0 Å². The number of thiazole rings is 1. The molecule has 1 atom stereocenters. The van der Waals surface area contributed by atoms with E-state index >= 15 is 0 Å². The summed E-state index contributed by atoms with van der Waals surface area (Å²) in [6, 6.07) is 20.7. The van der Waals surface area contributed by atoms with Gasteiger partial charge in [0.1, 0.15) is 13.1 Å². The predicted octanol–water partition coefficient (Wildman–Crippen LogP) is 5.17. The molecule has 3 aliphatic rings. The van der Waals surface area contributed by atoms with Crippen LogP contribution in [-0.2, 0) is 11.3 Å². The number of rotatable bonds is 5. The number of anilines is 1. The molecule has 1 N–H and O–H groups in total. The van der Waals surface area contributed by atoms with Crippen LogP contribution < -0.4 is 5.32 Å². The van der Waals surface area contributed by atoms with Crippen LogP contribution in [0.3, 0.4) is 0 Å². The topological polar surface area (TPSA) is 51.2 Å². The first kappa shape index (κ1) is 19.3. The van der Waals surface area contributed by atoms with Crippen molar-refractivity contribution in [1.82, 2.24) is 4.98 Å². The molecule has 3 fully saturated rings. The van der Waals surface area contributed by atoms with Crippen LogP contribution in [0.2, 0.25) is 0 Å². The van der Waals surface area contributed by atoms with E-state index in [4.69, 9.17) is 4.74 Å². The fraction of sp³-hybridized carbons (Fsp3) is 0.333. The molecule has 5 nitrogen and oxygen atoms in total. The van der Waals surface area contributed by atoms with E-state index in [1.54, 1.807) is 5.51 Å². The zero-order valence-corrected chi connectivity index (χ0v) is 17.7. The van der Waals surface area contributed by atoms with Crippen LogP contribution >= 0.6 is 11.3 Å². The van der Waals surface area contributed by atoms with Crippen LogP contribution in [0.1, 0.15) is 18.4 Å². The summed E-state index contributed by atoms with van der Waals surface area (Å²) in [7, 11) is 0. The highest BCUT2D eigenvalue weighted by Crippen LogP contribution is 2.37. The molecule has 6 rings (SSSR count). The lowest BCUT2D eigenvalue weighted by Crippen LogP contribution is -2.63. The summed E-state index contributed by atoms with van der Waals surface area (Å²) in [5.41, 5.74) is 4.16. The van der Waals surface area contributed by atoms with Crippen LogP contribution in [0.15, 0.2) is 66.2 Å². The number of nitrogens with one attached hydrogen (secondary N) is 1. The molecule has 0 aliphatic carbocycles. The van der Waals surface area contributed by atoms with E-state index in [0.717, 1.165) is 40.9 Å². The zero-order valence-electron chi connectivity index (χ0n) is 16.9. The van der Waals surface area contributed by atoms with Crippen molar-refractivity contribution in [2.45, 2.75) is 25.5 Å². The highest BCUT2D eigenvalue weighted by molar-refractivity contribution is 7.13. The molecule has 3 aliphatic heterocycles. The van der Waals surface area contributed by atoms with Gasteiger partial charge in [0.2, 0.25) is 0 Å². The van der Waals surface area contributed by atoms with Crippen molar-refractivity contribution in [2.24, 2.45) is 5.92 Å². The third-order valence-electron chi connectivity index (χ3n) is 6.48. The Balaban J connectivity index is 1.25. The van der Waals surface area contributed by atoms with Gasteiger partial charge in [-0.25, -0.2) is 9.78 Å². The Hall–Kier alpha value is -2.70. The molecule has 0 saturated carbocycles. The van der Waals surface area contributed by atoms with Gasteiger partial charge in [0.05, 0.1) is 23.5 Å². The molecule has 6 heteroatoms. The van der Waals surface area contributed by atoms with Gasteiger partial charge in [0.25, 0.3) is 0 Å². The number of carbonyl (C=O) groups is 1. The van der Waals surface area contributed by atoms with Crippen LogP contribution in [0.5, 0.6) is 0 Å². The molecule has 1 aromatic heterocycles. The van der Waals surface area contributed by atoms with Gasteiger partial charge >= 0.3 is 6.09 Å². The zero-order chi connectivity index (χ0) is 20.4. The Morgan fingerprint density at radius 1 is 1.07 bits per heavy atom. The summed E-state index contributed by atoms with van der Waals surface area (Å²) in [4.78, 5) is 18.0. The molecule has 4 heterocycles. The van der Waals surface area contributed by atoms with E-state index in [1.165, 1.54) is 30.0 Å². The number of hydrogen-bond donors (Lipinski definition) is 1. The molecule has 3 aromatic rings. The molecule has 154 valence electrons. The Morgan fingerprint density at radius 2 is 1.77 bits per heavy atom. The highest BCUT2D eigenvalue weighted by atomic mass is 32.1. The largest absolute Gasteiger partial charge is 0.440 e. The number of carbonyl (C=O) groups excluding carboxylic acids is 1. The minimum atomic E-state index is -0.394. The van der Waals surface area contributed by atoms with Crippen LogP contribution in [0.4, 0.5) is 10.6 Å². The Labute approximate surface area is 180 Å². The molecule has 2 bridgehead atoms. The maximum absolute atomic E-state index is 12.7. The lowest BCUT2D eigenvalue weighted by Gasteiger charge is -2.52. The summed E-state index contributed by atoms with van der Waals surface area (Å²) in [5, 5.41) is 2.89. The Morgan fingerprint density at radius 3 is 2.50 bits per heavy atom. The SMILES string of the molecule is O=C(Nc1ncsc1-c1ccccc1)O[C@H]1C[N+]2(Cc3ccccc3)CCC1CC2. The molecule has 0 spiro atoms. The van der Waals surface area contributed by atoms with Gasteiger partial charge in [-0.15, -0.1) is 11.3 Å². The van der Waals surface area contributed by atoms with E-state index in [0.29, 0.717) is 11.7 Å². The number of amides is 1. The Bertz CT molecular complexity index is 998. The van der Waals surface area contributed by atoms with Crippen molar-refractivity contribution in [3.05, 3.63) is 71.7 Å². The standard InChI is InChI=1S/C24H25N3O2S/c28-24(26-23-22(30-17-25-23)20-9-5-2-6-10-20)29-21-16-27(13-11-19(21)12-14-27)15-18-7-3-1-4-8-18/h1-10,17,19,21H,11-16H2/p+1/t19?,21-,27?/m0/s1. The molecule has 0 radical (unpaired) electrons. The molecular weight excluding hydrogens is 394 g/mol. The minimum absolute atomic E-state index is 0.0324. The smallest absolute Gasteiger partial charge is 0.413 e. The predicted molar refractivity (Wildman–Crippen MR) is 119 cm³/mol. The van der Waals surface area contributed by atoms with Gasteiger partial charge in [-0.05, 0) is 5.56 Å². The van der Waals surface area contributed by atoms with E-state index < -0.39 is 6.09 Å². The number of quaternary nitrogens is 1. The van der Waals surface area contributed by atoms with E-state index in [1.807, 2.05) is 30.3 Å². The summed E-state index contributed by atoms with van der Waals surface area (Å²) in [5.74, 6) is 1.04. The minimum Gasteiger partial charge on any atom is -0.440 e. The van der Waals surface area contributed by atoms with Crippen LogP contribution in [-0.4, -0.2) is 41.3 Å². The monoisotopic (exact) mass is 420 g/mol. The van der Waals surface area contributed by atoms with Crippen molar-refractivity contribution in [2.75, 3.05) is 25.0 Å². The average molecular weight is 421 g/mol. The number of nitrogens with zero attached hydrogens (tertiary/aromatic N) is 2. The number of hydrogen-bond acceptors (Lipinski definition) is 4. The quantitative estimate of drug-likeness (QED) is 0.580. The number of piperidine rings is 3. The second-order valence-electron chi connectivity index (χ2n) is 8.42. The molecular formula is C24H26N3O2S+. The van der Waals surface area contributed by atoms with Crippen molar-refractivity contribution in [3.8, 4) is 10.4 Å². The molecule has 30 heavy (non-hydrogen) atoms.